The Morgan fingerprint density at radius 2 is 1.88 bits per heavy atom. The maximum absolute atomic E-state index is 12.2. The van der Waals surface area contributed by atoms with Gasteiger partial charge in [-0.2, -0.15) is 5.10 Å². The molecule has 1 amide bonds. The number of nitro groups is 1. The monoisotopic (exact) mass is 338 g/mol. The lowest BCUT2D eigenvalue weighted by molar-refractivity contribution is -0.385. The summed E-state index contributed by atoms with van der Waals surface area (Å²) in [6.07, 6.45) is 1.16. The summed E-state index contributed by atoms with van der Waals surface area (Å²) in [5.41, 5.74) is 0.705. The molecule has 0 radical (unpaired) electrons. The molecule has 0 fully saturated rings. The number of para-hydroxylation sites is 2. The number of nitrogens with one attached hydrogen (secondary N) is 1. The molecular weight excluding hydrogens is 324 g/mol. The third-order valence-electron chi connectivity index (χ3n) is 3.72. The molecule has 3 rings (SSSR count). The first kappa shape index (κ1) is 16.3. The second-order valence-electron chi connectivity index (χ2n) is 5.35. The van der Waals surface area contributed by atoms with Crippen LogP contribution in [0.25, 0.3) is 10.9 Å². The molecule has 1 N–H and O–H groups in total. The molecule has 0 atom stereocenters. The second kappa shape index (κ2) is 6.91. The summed E-state index contributed by atoms with van der Waals surface area (Å²) >= 11 is 0. The quantitative estimate of drug-likeness (QED) is 0.562. The SMILES string of the molecule is O=C(Cn1ncc(=O)c2ccccc21)NCc1ccccc1[N+](=O)[O-]. The van der Waals surface area contributed by atoms with Gasteiger partial charge in [0.1, 0.15) is 6.54 Å². The van der Waals surface area contributed by atoms with Gasteiger partial charge in [-0.15, -0.1) is 0 Å². The van der Waals surface area contributed by atoms with E-state index in [2.05, 4.69) is 10.4 Å². The summed E-state index contributed by atoms with van der Waals surface area (Å²) in [6, 6.07) is 13.1. The molecule has 0 unspecified atom stereocenters. The van der Waals surface area contributed by atoms with Crippen molar-refractivity contribution < 1.29 is 9.72 Å². The molecule has 0 saturated heterocycles. The van der Waals surface area contributed by atoms with Gasteiger partial charge in [-0.3, -0.25) is 24.4 Å². The Kier molecular flexibility index (Phi) is 4.51. The zero-order valence-electron chi connectivity index (χ0n) is 13.1. The number of aromatic nitrogens is 2. The van der Waals surface area contributed by atoms with Gasteiger partial charge in [0.15, 0.2) is 0 Å². The lowest BCUT2D eigenvalue weighted by atomic mass is 10.2. The topological polar surface area (TPSA) is 107 Å². The van der Waals surface area contributed by atoms with Crippen LogP contribution in [0.4, 0.5) is 5.69 Å². The van der Waals surface area contributed by atoms with Crippen molar-refractivity contribution in [1.29, 1.82) is 0 Å². The van der Waals surface area contributed by atoms with Crippen molar-refractivity contribution in [2.75, 3.05) is 0 Å². The van der Waals surface area contributed by atoms with Crippen LogP contribution in [-0.4, -0.2) is 20.6 Å². The Hall–Kier alpha value is -3.55. The van der Waals surface area contributed by atoms with E-state index in [-0.39, 0.29) is 30.1 Å². The van der Waals surface area contributed by atoms with E-state index in [1.54, 1.807) is 42.5 Å². The average Bonchev–Trinajstić information content (AvgIpc) is 2.63. The minimum absolute atomic E-state index is 0.0358. The van der Waals surface area contributed by atoms with Crippen molar-refractivity contribution in [3.63, 3.8) is 0 Å². The van der Waals surface area contributed by atoms with Crippen molar-refractivity contribution in [3.05, 3.63) is 80.6 Å². The van der Waals surface area contributed by atoms with Crippen LogP contribution in [0, 0.1) is 10.1 Å². The van der Waals surface area contributed by atoms with Crippen LogP contribution in [-0.2, 0) is 17.9 Å². The van der Waals surface area contributed by atoms with Crippen molar-refractivity contribution in [2.24, 2.45) is 0 Å². The predicted octanol–water partition coefficient (Wildman–Crippen LogP) is 1.62. The van der Waals surface area contributed by atoms with E-state index in [1.807, 2.05) is 0 Å². The number of hydrogen-bond donors (Lipinski definition) is 1. The van der Waals surface area contributed by atoms with Crippen LogP contribution in [0.5, 0.6) is 0 Å². The van der Waals surface area contributed by atoms with Gasteiger partial charge in [0, 0.05) is 23.6 Å². The van der Waals surface area contributed by atoms with Gasteiger partial charge < -0.3 is 5.32 Å². The molecule has 3 aromatic rings. The molecule has 126 valence electrons. The van der Waals surface area contributed by atoms with Crippen LogP contribution in [0.1, 0.15) is 5.56 Å². The summed E-state index contributed by atoms with van der Waals surface area (Å²) in [4.78, 5) is 34.5. The van der Waals surface area contributed by atoms with E-state index in [0.717, 1.165) is 6.20 Å². The van der Waals surface area contributed by atoms with Crippen LogP contribution in [0.15, 0.2) is 59.5 Å². The summed E-state index contributed by atoms with van der Waals surface area (Å²) < 4.78 is 1.42. The highest BCUT2D eigenvalue weighted by molar-refractivity contribution is 5.81. The first-order chi connectivity index (χ1) is 12.1. The Labute approximate surface area is 141 Å². The highest BCUT2D eigenvalue weighted by Gasteiger charge is 2.13. The van der Waals surface area contributed by atoms with E-state index >= 15 is 0 Å². The van der Waals surface area contributed by atoms with Gasteiger partial charge in [-0.25, -0.2) is 0 Å². The van der Waals surface area contributed by atoms with Crippen molar-refractivity contribution in [2.45, 2.75) is 13.1 Å². The smallest absolute Gasteiger partial charge is 0.274 e. The Morgan fingerprint density at radius 3 is 2.68 bits per heavy atom. The van der Waals surface area contributed by atoms with Crippen molar-refractivity contribution in [3.8, 4) is 0 Å². The molecular formula is C17H14N4O4. The number of amides is 1. The van der Waals surface area contributed by atoms with Crippen molar-refractivity contribution in [1.82, 2.24) is 15.1 Å². The Bertz CT molecular complexity index is 1010. The number of fused-ring (bicyclic) bond motifs is 1. The van der Waals surface area contributed by atoms with Gasteiger partial charge >= 0.3 is 0 Å². The highest BCUT2D eigenvalue weighted by atomic mass is 16.6. The molecule has 8 nitrogen and oxygen atoms in total. The predicted molar refractivity (Wildman–Crippen MR) is 90.9 cm³/mol. The Morgan fingerprint density at radius 1 is 1.16 bits per heavy atom. The summed E-state index contributed by atoms with van der Waals surface area (Å²) in [6.45, 7) is -0.0600. The van der Waals surface area contributed by atoms with E-state index in [1.165, 1.54) is 10.7 Å². The molecule has 0 aliphatic carbocycles. The zero-order chi connectivity index (χ0) is 17.8. The minimum Gasteiger partial charge on any atom is -0.350 e. The number of benzene rings is 2. The van der Waals surface area contributed by atoms with Gasteiger partial charge in [-0.1, -0.05) is 30.3 Å². The number of hydrogen-bond acceptors (Lipinski definition) is 5. The number of rotatable bonds is 5. The third kappa shape index (κ3) is 3.52. The fourth-order valence-corrected chi connectivity index (χ4v) is 2.51. The third-order valence-corrected chi connectivity index (χ3v) is 3.72. The summed E-state index contributed by atoms with van der Waals surface area (Å²) in [5, 5.41) is 18.1. The fraction of sp³-hybridized carbons (Fsp3) is 0.118. The first-order valence-electron chi connectivity index (χ1n) is 7.50. The molecule has 2 aromatic carbocycles. The van der Waals surface area contributed by atoms with Crippen LogP contribution >= 0.6 is 0 Å². The largest absolute Gasteiger partial charge is 0.350 e. The molecule has 0 aliphatic rings. The second-order valence-corrected chi connectivity index (χ2v) is 5.35. The zero-order valence-corrected chi connectivity index (χ0v) is 13.1. The standard InChI is InChI=1S/C17H14N4O4/c22-16-10-19-20(15-8-4-2-6-13(15)16)11-17(23)18-9-12-5-1-3-7-14(12)21(24)25/h1-8,10H,9,11H2,(H,18,23). The van der Waals surface area contributed by atoms with Gasteiger partial charge in [0.25, 0.3) is 5.69 Å². The Balaban J connectivity index is 1.75. The van der Waals surface area contributed by atoms with E-state index in [0.29, 0.717) is 16.5 Å². The van der Waals surface area contributed by atoms with Crippen molar-refractivity contribution >= 4 is 22.5 Å². The number of carbonyl (C=O) groups excluding carboxylic acids is 1. The fourth-order valence-electron chi connectivity index (χ4n) is 2.51. The normalized spacial score (nSPS) is 10.6. The summed E-state index contributed by atoms with van der Waals surface area (Å²) in [5.74, 6) is -0.362. The molecule has 0 saturated carbocycles. The average molecular weight is 338 g/mol. The van der Waals surface area contributed by atoms with Crippen LogP contribution in [0.2, 0.25) is 0 Å². The molecule has 0 aliphatic heterocycles. The molecule has 25 heavy (non-hydrogen) atoms. The van der Waals surface area contributed by atoms with E-state index in [9.17, 15) is 19.7 Å². The van der Waals surface area contributed by atoms with Gasteiger partial charge in [0.05, 0.1) is 16.6 Å². The van der Waals surface area contributed by atoms with Gasteiger partial charge in [0.2, 0.25) is 11.3 Å². The molecule has 0 bridgehead atoms. The number of nitro benzene ring substituents is 1. The molecule has 0 spiro atoms. The van der Waals surface area contributed by atoms with E-state index in [4.69, 9.17) is 0 Å². The first-order valence-corrected chi connectivity index (χ1v) is 7.50. The number of nitrogens with zero attached hydrogens (tertiary/aromatic N) is 3. The van der Waals surface area contributed by atoms with E-state index < -0.39 is 4.92 Å². The minimum atomic E-state index is -0.488. The lowest BCUT2D eigenvalue weighted by Gasteiger charge is -2.10. The lowest BCUT2D eigenvalue weighted by Crippen LogP contribution is -2.29. The van der Waals surface area contributed by atoms with Gasteiger partial charge in [-0.05, 0) is 12.1 Å². The molecule has 8 heteroatoms. The maximum atomic E-state index is 12.2. The number of carbonyl (C=O) groups is 1. The van der Waals surface area contributed by atoms with Crippen LogP contribution in [0.3, 0.4) is 0 Å². The molecule has 1 aromatic heterocycles. The van der Waals surface area contributed by atoms with Crippen LogP contribution < -0.4 is 10.7 Å². The maximum Gasteiger partial charge on any atom is 0.274 e. The highest BCUT2D eigenvalue weighted by Crippen LogP contribution is 2.17. The molecule has 1 heterocycles. The summed E-state index contributed by atoms with van der Waals surface area (Å²) in [7, 11) is 0.